The van der Waals surface area contributed by atoms with E-state index in [-0.39, 0.29) is 0 Å². The zero-order chi connectivity index (χ0) is 46.7. The second-order valence-corrected chi connectivity index (χ2v) is 17.1. The van der Waals surface area contributed by atoms with Crippen molar-refractivity contribution in [3.8, 4) is 0 Å². The number of hydrogen-bond donors (Lipinski definition) is 0. The van der Waals surface area contributed by atoms with Crippen molar-refractivity contribution in [2.75, 3.05) is 19.6 Å². The zero-order valence-electron chi connectivity index (χ0n) is 39.2. The summed E-state index contributed by atoms with van der Waals surface area (Å²) in [5, 5.41) is 0. The van der Waals surface area contributed by atoms with Crippen LogP contribution in [0.1, 0.15) is 22.3 Å². The van der Waals surface area contributed by atoms with E-state index in [1.165, 1.54) is 22.3 Å². The van der Waals surface area contributed by atoms with Crippen LogP contribution in [-0.4, -0.2) is 0 Å². The lowest BCUT2D eigenvalue weighted by Gasteiger charge is -2.28. The highest BCUT2D eigenvalue weighted by atomic mass is 15.2. The molecule has 68 heavy (non-hydrogen) atoms. The van der Waals surface area contributed by atoms with E-state index in [1.54, 1.807) is 0 Å². The summed E-state index contributed by atoms with van der Waals surface area (Å²) >= 11 is 0. The van der Waals surface area contributed by atoms with Gasteiger partial charge in [-0.25, -0.2) is 0 Å². The highest BCUT2D eigenvalue weighted by Crippen LogP contribution is 2.41. The van der Waals surface area contributed by atoms with Gasteiger partial charge >= 0.3 is 0 Å². The van der Waals surface area contributed by atoms with Crippen LogP contribution in [-0.2, 0) is 0 Å². The van der Waals surface area contributed by atoms with Crippen molar-refractivity contribution >= 4 is 68.2 Å². The number of para-hydroxylation sites is 4. The van der Waals surface area contributed by atoms with Crippen molar-refractivity contribution in [1.82, 2.24) is 0 Å². The van der Waals surface area contributed by atoms with Gasteiger partial charge in [-0.05, 0) is 173 Å². The molecule has 0 bridgehead atoms. The lowest BCUT2D eigenvalue weighted by atomic mass is 10.1. The monoisotopic (exact) mass is 880 g/mol. The number of rotatable bonds is 12. The Morgan fingerprint density at radius 3 is 0.412 bits per heavy atom. The molecule has 0 fully saturated rings. The maximum absolute atomic E-state index is 2.29. The van der Waals surface area contributed by atoms with E-state index in [2.05, 4.69) is 314 Å². The maximum Gasteiger partial charge on any atom is 0.0463 e. The van der Waals surface area contributed by atoms with Gasteiger partial charge in [0, 0.05) is 68.2 Å². The number of hydrogen-bond acceptors (Lipinski definition) is 4. The van der Waals surface area contributed by atoms with Crippen molar-refractivity contribution < 1.29 is 0 Å². The summed E-state index contributed by atoms with van der Waals surface area (Å²) in [6.45, 7) is 8.48. The molecule has 0 spiro atoms. The van der Waals surface area contributed by atoms with Crippen LogP contribution in [0.3, 0.4) is 0 Å². The first kappa shape index (κ1) is 44.6. The van der Waals surface area contributed by atoms with Gasteiger partial charge in [0.25, 0.3) is 0 Å². The lowest BCUT2D eigenvalue weighted by Crippen LogP contribution is -2.12. The van der Waals surface area contributed by atoms with Gasteiger partial charge in [0.1, 0.15) is 0 Å². The van der Waals surface area contributed by atoms with Gasteiger partial charge < -0.3 is 19.6 Å². The minimum absolute atomic E-state index is 1.12. The smallest absolute Gasteiger partial charge is 0.0463 e. The van der Waals surface area contributed by atoms with Crippen molar-refractivity contribution in [2.24, 2.45) is 0 Å². The van der Waals surface area contributed by atoms with Crippen molar-refractivity contribution in [3.63, 3.8) is 0 Å². The standard InChI is InChI=1S/2C32H28N2/c2*1-25-13-17-29(18-14-25)33(27-9-5-3-6-10-27)31-21-23-32(24-22-31)34(28-11-7-4-8-12-28)30-19-15-26(2)16-20-30/h2*3-24H,1-2H3. The van der Waals surface area contributed by atoms with Crippen molar-refractivity contribution in [2.45, 2.75) is 27.7 Å². The Bertz CT molecular complexity index is 2650. The van der Waals surface area contributed by atoms with E-state index < -0.39 is 0 Å². The van der Waals surface area contributed by atoms with Gasteiger partial charge in [0.2, 0.25) is 0 Å². The summed E-state index contributed by atoms with van der Waals surface area (Å²) < 4.78 is 0. The minimum Gasteiger partial charge on any atom is -0.311 e. The molecule has 0 atom stereocenters. The third-order valence-corrected chi connectivity index (χ3v) is 12.0. The molecule has 10 aromatic rings. The Kier molecular flexibility index (Phi) is 13.9. The molecule has 0 heterocycles. The summed E-state index contributed by atoms with van der Waals surface area (Å²) in [5.41, 5.74) is 18.6. The van der Waals surface area contributed by atoms with E-state index >= 15 is 0 Å². The quantitative estimate of drug-likeness (QED) is 0.121. The fourth-order valence-corrected chi connectivity index (χ4v) is 8.37. The summed E-state index contributed by atoms with van der Waals surface area (Å²) in [5.74, 6) is 0. The highest BCUT2D eigenvalue weighted by molar-refractivity contribution is 5.83. The molecule has 0 saturated carbocycles. The van der Waals surface area contributed by atoms with Gasteiger partial charge in [-0.2, -0.15) is 0 Å². The Morgan fingerprint density at radius 1 is 0.147 bits per heavy atom. The van der Waals surface area contributed by atoms with E-state index in [0.717, 1.165) is 68.2 Å². The Hall–Kier alpha value is -8.60. The molecule has 0 aliphatic carbocycles. The Labute approximate surface area is 402 Å². The number of anilines is 12. The molecular weight excluding hydrogens is 825 g/mol. The topological polar surface area (TPSA) is 13.0 Å². The molecule has 0 aliphatic heterocycles. The van der Waals surface area contributed by atoms with Gasteiger partial charge in [0.15, 0.2) is 0 Å². The average molecular weight is 881 g/mol. The Balaban J connectivity index is 0.000000170. The van der Waals surface area contributed by atoms with Gasteiger partial charge in [-0.15, -0.1) is 0 Å². The molecule has 4 heteroatoms. The van der Waals surface area contributed by atoms with Crippen LogP contribution in [0.25, 0.3) is 0 Å². The molecule has 332 valence electrons. The molecule has 10 aromatic carbocycles. The van der Waals surface area contributed by atoms with Gasteiger partial charge in [-0.1, -0.05) is 144 Å². The number of benzene rings is 10. The molecule has 0 N–H and O–H groups in total. The first-order chi connectivity index (χ1) is 33.4. The molecule has 0 unspecified atom stereocenters. The third-order valence-electron chi connectivity index (χ3n) is 12.0. The summed E-state index contributed by atoms with van der Waals surface area (Å²) in [4.78, 5) is 9.17. The van der Waals surface area contributed by atoms with E-state index in [4.69, 9.17) is 0 Å². The van der Waals surface area contributed by atoms with Crippen LogP contribution in [0, 0.1) is 27.7 Å². The molecule has 10 rings (SSSR count). The molecule has 4 nitrogen and oxygen atoms in total. The molecule has 0 radical (unpaired) electrons. The second-order valence-electron chi connectivity index (χ2n) is 17.1. The van der Waals surface area contributed by atoms with Crippen LogP contribution in [0.15, 0.2) is 267 Å². The van der Waals surface area contributed by atoms with Gasteiger partial charge in [-0.3, -0.25) is 0 Å². The molecular formula is C64H56N4. The van der Waals surface area contributed by atoms with E-state index in [1.807, 2.05) is 0 Å². The molecule has 0 aliphatic rings. The molecule has 0 saturated heterocycles. The van der Waals surface area contributed by atoms with Crippen LogP contribution in [0.2, 0.25) is 0 Å². The van der Waals surface area contributed by atoms with E-state index in [9.17, 15) is 0 Å². The van der Waals surface area contributed by atoms with Crippen LogP contribution >= 0.6 is 0 Å². The normalized spacial score (nSPS) is 10.6. The maximum atomic E-state index is 2.29. The number of aryl methyl sites for hydroxylation is 4. The predicted octanol–water partition coefficient (Wildman–Crippen LogP) is 18.5. The Morgan fingerprint density at radius 2 is 0.265 bits per heavy atom. The lowest BCUT2D eigenvalue weighted by molar-refractivity contribution is 1.25. The van der Waals surface area contributed by atoms with Crippen molar-refractivity contribution in [3.05, 3.63) is 289 Å². The summed E-state index contributed by atoms with van der Waals surface area (Å²) in [6.07, 6.45) is 0. The first-order valence-corrected chi connectivity index (χ1v) is 23.3. The first-order valence-electron chi connectivity index (χ1n) is 23.3. The summed E-state index contributed by atoms with van der Waals surface area (Å²) in [6, 6.07) is 94.4. The van der Waals surface area contributed by atoms with Crippen LogP contribution in [0.5, 0.6) is 0 Å². The molecule has 0 aromatic heterocycles. The van der Waals surface area contributed by atoms with Crippen molar-refractivity contribution in [1.29, 1.82) is 0 Å². The number of nitrogens with zero attached hydrogens (tertiary/aromatic N) is 4. The SMILES string of the molecule is Cc1ccc(N(c2ccccc2)c2ccc(N(c3ccccc3)c3ccc(C)cc3)cc2)cc1.Cc1ccc(N(c2ccccc2)c2ccc(N(c3ccccc3)c3ccc(C)cc3)cc2)cc1. The van der Waals surface area contributed by atoms with Crippen LogP contribution < -0.4 is 19.6 Å². The molecule has 0 amide bonds. The van der Waals surface area contributed by atoms with Gasteiger partial charge in [0.05, 0.1) is 0 Å². The van der Waals surface area contributed by atoms with E-state index in [0.29, 0.717) is 0 Å². The second kappa shape index (κ2) is 21.1. The largest absolute Gasteiger partial charge is 0.311 e. The highest BCUT2D eigenvalue weighted by Gasteiger charge is 2.18. The third kappa shape index (κ3) is 10.6. The fraction of sp³-hybridized carbons (Fsp3) is 0.0625. The summed E-state index contributed by atoms with van der Waals surface area (Å²) in [7, 11) is 0. The fourth-order valence-electron chi connectivity index (χ4n) is 8.37. The average Bonchev–Trinajstić information content (AvgIpc) is 3.39. The minimum atomic E-state index is 1.12. The zero-order valence-corrected chi connectivity index (χ0v) is 39.2. The van der Waals surface area contributed by atoms with Crippen LogP contribution in [0.4, 0.5) is 68.2 Å². The predicted molar refractivity (Wildman–Crippen MR) is 291 cm³/mol.